The number of aromatic nitrogens is 3. The molecule has 2 aromatic heterocycles. The molecule has 0 radical (unpaired) electrons. The van der Waals surface area contributed by atoms with E-state index >= 15 is 0 Å². The number of aromatic hydroxyl groups is 1. The highest BCUT2D eigenvalue weighted by molar-refractivity contribution is 7.22. The summed E-state index contributed by atoms with van der Waals surface area (Å²) in [5.74, 6) is 1.32. The van der Waals surface area contributed by atoms with Gasteiger partial charge in [-0.25, -0.2) is 9.97 Å². The standard InChI is InChI=1S/C23H24N6O3S/c1-31-19-7-6-17(30)12-18(19)27-21-20-22(25-14-24-21)28-23(33-20)26-16-4-2-15(3-5-16)13-29-8-10-32-11-9-29/h2-7,12,14,30H,8-11,13H2,1H3,(H2,24,25,26,27,28). The first kappa shape index (κ1) is 21.4. The highest BCUT2D eigenvalue weighted by Crippen LogP contribution is 2.36. The van der Waals surface area contributed by atoms with E-state index in [0.717, 1.165) is 48.4 Å². The van der Waals surface area contributed by atoms with Crippen LogP contribution >= 0.6 is 11.3 Å². The molecule has 0 saturated carbocycles. The Balaban J connectivity index is 1.32. The molecule has 0 atom stereocenters. The van der Waals surface area contributed by atoms with E-state index in [1.54, 1.807) is 25.3 Å². The van der Waals surface area contributed by atoms with Crippen LogP contribution in [0.1, 0.15) is 5.56 Å². The summed E-state index contributed by atoms with van der Waals surface area (Å²) < 4.78 is 11.6. The topological polar surface area (TPSA) is 105 Å². The van der Waals surface area contributed by atoms with Crippen LogP contribution in [-0.2, 0) is 11.3 Å². The van der Waals surface area contributed by atoms with Crippen LogP contribution in [0.25, 0.3) is 10.3 Å². The minimum absolute atomic E-state index is 0.132. The highest BCUT2D eigenvalue weighted by Gasteiger charge is 2.14. The van der Waals surface area contributed by atoms with E-state index in [2.05, 4.69) is 54.8 Å². The smallest absolute Gasteiger partial charge is 0.189 e. The Labute approximate surface area is 195 Å². The first-order valence-electron chi connectivity index (χ1n) is 10.6. The maximum atomic E-state index is 9.85. The summed E-state index contributed by atoms with van der Waals surface area (Å²) in [6.07, 6.45) is 1.46. The van der Waals surface area contributed by atoms with Gasteiger partial charge in [0, 0.05) is 31.4 Å². The van der Waals surface area contributed by atoms with Crippen molar-refractivity contribution in [3.8, 4) is 11.5 Å². The molecule has 1 aliphatic heterocycles. The molecular weight excluding hydrogens is 440 g/mol. The third-order valence-electron chi connectivity index (χ3n) is 5.34. The Morgan fingerprint density at radius 2 is 1.91 bits per heavy atom. The lowest BCUT2D eigenvalue weighted by Crippen LogP contribution is -2.35. The van der Waals surface area contributed by atoms with Crippen LogP contribution in [0.5, 0.6) is 11.5 Å². The molecule has 33 heavy (non-hydrogen) atoms. The van der Waals surface area contributed by atoms with Crippen LogP contribution in [0.4, 0.5) is 22.3 Å². The number of nitrogens with one attached hydrogen (secondary N) is 2. The number of nitrogens with zero attached hydrogens (tertiary/aromatic N) is 4. The Morgan fingerprint density at radius 1 is 1.09 bits per heavy atom. The molecule has 1 fully saturated rings. The van der Waals surface area contributed by atoms with Gasteiger partial charge in [0.25, 0.3) is 0 Å². The molecule has 5 rings (SSSR count). The molecule has 3 N–H and O–H groups in total. The third kappa shape index (κ3) is 4.98. The predicted molar refractivity (Wildman–Crippen MR) is 129 cm³/mol. The molecule has 0 unspecified atom stereocenters. The number of fused-ring (bicyclic) bond motifs is 1. The van der Waals surface area contributed by atoms with Crippen molar-refractivity contribution < 1.29 is 14.6 Å². The molecule has 0 spiro atoms. The molecule has 0 bridgehead atoms. The fraction of sp³-hybridized carbons (Fsp3) is 0.261. The summed E-state index contributed by atoms with van der Waals surface area (Å²) in [6.45, 7) is 4.47. The summed E-state index contributed by atoms with van der Waals surface area (Å²) in [7, 11) is 1.58. The van der Waals surface area contributed by atoms with Crippen LogP contribution in [0.2, 0.25) is 0 Å². The van der Waals surface area contributed by atoms with Crippen molar-refractivity contribution in [2.24, 2.45) is 0 Å². The van der Waals surface area contributed by atoms with E-state index in [0.29, 0.717) is 22.9 Å². The van der Waals surface area contributed by atoms with Crippen LogP contribution in [0.3, 0.4) is 0 Å². The van der Waals surface area contributed by atoms with Gasteiger partial charge in [0.05, 0.1) is 26.0 Å². The molecule has 10 heteroatoms. The van der Waals surface area contributed by atoms with Gasteiger partial charge in [0.15, 0.2) is 16.6 Å². The second-order valence-corrected chi connectivity index (χ2v) is 8.61. The molecule has 1 aliphatic rings. The van der Waals surface area contributed by atoms with E-state index in [1.807, 2.05) is 0 Å². The lowest BCUT2D eigenvalue weighted by Gasteiger charge is -2.26. The average Bonchev–Trinajstić information content (AvgIpc) is 3.25. The molecular formula is C23H24N6O3S. The van der Waals surface area contributed by atoms with Gasteiger partial charge in [-0.2, -0.15) is 4.98 Å². The number of anilines is 4. The lowest BCUT2D eigenvalue weighted by molar-refractivity contribution is 0.0342. The Kier molecular flexibility index (Phi) is 6.20. The molecule has 170 valence electrons. The first-order chi connectivity index (χ1) is 16.2. The average molecular weight is 465 g/mol. The minimum Gasteiger partial charge on any atom is -0.508 e. The van der Waals surface area contributed by atoms with Gasteiger partial charge in [-0.3, -0.25) is 4.90 Å². The number of phenolic OH excluding ortho intramolecular Hbond substituents is 1. The Morgan fingerprint density at radius 3 is 2.70 bits per heavy atom. The van der Waals surface area contributed by atoms with Gasteiger partial charge >= 0.3 is 0 Å². The van der Waals surface area contributed by atoms with Crippen molar-refractivity contribution in [3.63, 3.8) is 0 Å². The number of benzene rings is 2. The predicted octanol–water partition coefficient (Wildman–Crippen LogP) is 4.12. The molecule has 3 heterocycles. The number of thiazole rings is 1. The number of methoxy groups -OCH3 is 1. The normalized spacial score (nSPS) is 14.3. The molecule has 1 saturated heterocycles. The number of rotatable bonds is 7. The fourth-order valence-electron chi connectivity index (χ4n) is 3.65. The lowest BCUT2D eigenvalue weighted by atomic mass is 10.2. The molecule has 0 amide bonds. The second-order valence-electron chi connectivity index (χ2n) is 7.61. The van der Waals surface area contributed by atoms with Crippen molar-refractivity contribution in [3.05, 3.63) is 54.4 Å². The molecule has 0 aliphatic carbocycles. The summed E-state index contributed by atoms with van der Waals surface area (Å²) in [4.78, 5) is 15.7. The zero-order valence-electron chi connectivity index (χ0n) is 18.1. The van der Waals surface area contributed by atoms with Crippen molar-refractivity contribution in [1.82, 2.24) is 19.9 Å². The van der Waals surface area contributed by atoms with Gasteiger partial charge in [0.1, 0.15) is 22.5 Å². The zero-order valence-corrected chi connectivity index (χ0v) is 18.9. The summed E-state index contributed by atoms with van der Waals surface area (Å²) in [5.41, 5.74) is 3.42. The Hall–Kier alpha value is -3.47. The monoisotopic (exact) mass is 464 g/mol. The summed E-state index contributed by atoms with van der Waals surface area (Å²) in [5, 5.41) is 17.2. The number of phenols is 1. The number of ether oxygens (including phenoxy) is 2. The van der Waals surface area contributed by atoms with Crippen LogP contribution in [0, 0.1) is 0 Å². The van der Waals surface area contributed by atoms with Crippen molar-refractivity contribution in [2.45, 2.75) is 6.54 Å². The molecule has 2 aromatic carbocycles. The first-order valence-corrected chi connectivity index (χ1v) is 11.4. The number of hydrogen-bond acceptors (Lipinski definition) is 10. The van der Waals surface area contributed by atoms with E-state index in [1.165, 1.54) is 23.2 Å². The third-order valence-corrected chi connectivity index (χ3v) is 6.31. The zero-order chi connectivity index (χ0) is 22.6. The maximum absolute atomic E-state index is 9.85. The SMILES string of the molecule is COc1ccc(O)cc1Nc1ncnc2nc(Nc3ccc(CN4CCOCC4)cc3)sc12. The van der Waals surface area contributed by atoms with Gasteiger partial charge in [-0.05, 0) is 29.8 Å². The maximum Gasteiger partial charge on any atom is 0.189 e. The summed E-state index contributed by atoms with van der Waals surface area (Å²) >= 11 is 1.45. The van der Waals surface area contributed by atoms with Crippen molar-refractivity contribution in [1.29, 1.82) is 0 Å². The molecule has 4 aromatic rings. The van der Waals surface area contributed by atoms with Gasteiger partial charge in [-0.15, -0.1) is 0 Å². The van der Waals surface area contributed by atoms with Crippen LogP contribution < -0.4 is 15.4 Å². The second kappa shape index (κ2) is 9.57. The highest BCUT2D eigenvalue weighted by atomic mass is 32.1. The van der Waals surface area contributed by atoms with E-state index in [4.69, 9.17) is 9.47 Å². The van der Waals surface area contributed by atoms with Crippen molar-refractivity contribution in [2.75, 3.05) is 44.0 Å². The summed E-state index contributed by atoms with van der Waals surface area (Å²) in [6, 6.07) is 13.2. The fourth-order valence-corrected chi connectivity index (χ4v) is 4.54. The van der Waals surface area contributed by atoms with Gasteiger partial charge in [0.2, 0.25) is 0 Å². The number of hydrogen-bond donors (Lipinski definition) is 3. The van der Waals surface area contributed by atoms with Crippen LogP contribution in [-0.4, -0.2) is 58.4 Å². The quantitative estimate of drug-likeness (QED) is 0.372. The molecule has 9 nitrogen and oxygen atoms in total. The number of morpholine rings is 1. The minimum atomic E-state index is 0.132. The van der Waals surface area contributed by atoms with Gasteiger partial charge < -0.3 is 25.2 Å². The Bertz CT molecular complexity index is 1240. The van der Waals surface area contributed by atoms with Crippen LogP contribution in [0.15, 0.2) is 48.8 Å². The van der Waals surface area contributed by atoms with E-state index < -0.39 is 0 Å². The van der Waals surface area contributed by atoms with E-state index in [9.17, 15) is 5.11 Å². The van der Waals surface area contributed by atoms with Gasteiger partial charge in [-0.1, -0.05) is 23.5 Å². The largest absolute Gasteiger partial charge is 0.508 e. The van der Waals surface area contributed by atoms with Crippen molar-refractivity contribution >= 4 is 44.0 Å². The van der Waals surface area contributed by atoms with E-state index in [-0.39, 0.29) is 5.75 Å².